The molecule has 2 aromatic heterocycles. The second-order valence-corrected chi connectivity index (χ2v) is 9.64. The Morgan fingerprint density at radius 2 is 1.85 bits per heavy atom. The van der Waals surface area contributed by atoms with E-state index in [1.807, 2.05) is 29.6 Å². The number of aromatic amines is 1. The molecule has 0 aliphatic rings. The van der Waals surface area contributed by atoms with Crippen molar-refractivity contribution in [3.8, 4) is 17.4 Å². The molecule has 0 saturated heterocycles. The highest BCUT2D eigenvalue weighted by Gasteiger charge is 2.10. The predicted molar refractivity (Wildman–Crippen MR) is 132 cm³/mol. The van der Waals surface area contributed by atoms with Gasteiger partial charge in [-0.15, -0.1) is 11.3 Å². The van der Waals surface area contributed by atoms with E-state index < -0.39 is 0 Å². The molecule has 8 heteroatoms. The van der Waals surface area contributed by atoms with Crippen molar-refractivity contribution in [3.05, 3.63) is 90.3 Å². The van der Waals surface area contributed by atoms with Crippen LogP contribution in [0.25, 0.3) is 0 Å². The zero-order chi connectivity index (χ0) is 23.0. The highest BCUT2D eigenvalue weighted by Crippen LogP contribution is 2.30. The van der Waals surface area contributed by atoms with Gasteiger partial charge in [0, 0.05) is 11.8 Å². The van der Waals surface area contributed by atoms with Gasteiger partial charge in [-0.25, -0.2) is 4.98 Å². The topological polar surface area (TPSA) is 84.4 Å². The zero-order valence-corrected chi connectivity index (χ0v) is 20.0. The first-order valence-electron chi connectivity index (χ1n) is 10.8. The van der Waals surface area contributed by atoms with E-state index >= 15 is 0 Å². The minimum Gasteiger partial charge on any atom is -0.494 e. The number of nitrogens with zero attached hydrogens (tertiary/aromatic N) is 1. The first-order chi connectivity index (χ1) is 16.1. The van der Waals surface area contributed by atoms with Gasteiger partial charge in [-0.3, -0.25) is 9.78 Å². The number of hydrogen-bond donors (Lipinski definition) is 2. The van der Waals surface area contributed by atoms with Crippen LogP contribution in [0.3, 0.4) is 0 Å². The molecule has 0 aliphatic carbocycles. The van der Waals surface area contributed by atoms with E-state index in [0.717, 1.165) is 53.3 Å². The second kappa shape index (κ2) is 11.2. The van der Waals surface area contributed by atoms with Gasteiger partial charge in [-0.05, 0) is 48.9 Å². The number of aromatic nitrogens is 2. The predicted octanol–water partition coefficient (Wildman–Crippen LogP) is 5.15. The number of thiazole rings is 2. The lowest BCUT2D eigenvalue weighted by Gasteiger charge is -2.11. The number of aromatic hydroxyl groups is 1. The van der Waals surface area contributed by atoms with Gasteiger partial charge in [-0.2, -0.15) is 0 Å². The molecule has 0 aliphatic heterocycles. The Hall–Kier alpha value is -3.10. The molecule has 0 fully saturated rings. The third kappa shape index (κ3) is 6.46. The minimum absolute atomic E-state index is 0.0170. The van der Waals surface area contributed by atoms with Gasteiger partial charge in [0.2, 0.25) is 5.88 Å². The Kier molecular flexibility index (Phi) is 7.80. The van der Waals surface area contributed by atoms with E-state index in [2.05, 4.69) is 29.2 Å². The summed E-state index contributed by atoms with van der Waals surface area (Å²) >= 11 is 2.72. The van der Waals surface area contributed by atoms with E-state index in [1.54, 1.807) is 18.4 Å². The molecule has 0 atom stereocenters. The number of benzene rings is 2. The largest absolute Gasteiger partial charge is 0.494 e. The van der Waals surface area contributed by atoms with Crippen LogP contribution in [0, 0.1) is 0 Å². The van der Waals surface area contributed by atoms with Gasteiger partial charge in [0.25, 0.3) is 0 Å². The molecule has 4 rings (SSSR count). The third-order valence-electron chi connectivity index (χ3n) is 5.24. The first kappa shape index (κ1) is 23.1. The molecular formula is C25H26N2O4S2. The summed E-state index contributed by atoms with van der Waals surface area (Å²) in [5.41, 5.74) is 3.34. The summed E-state index contributed by atoms with van der Waals surface area (Å²) < 4.78 is 11.5. The van der Waals surface area contributed by atoms with Crippen LogP contribution in [-0.4, -0.2) is 22.2 Å². The maximum absolute atomic E-state index is 11.3. The Balaban J connectivity index is 1.28. The molecule has 0 amide bonds. The molecule has 0 radical (unpaired) electrons. The summed E-state index contributed by atoms with van der Waals surface area (Å²) in [4.78, 5) is 18.9. The smallest absolute Gasteiger partial charge is 0.307 e. The maximum Gasteiger partial charge on any atom is 0.307 e. The van der Waals surface area contributed by atoms with Crippen molar-refractivity contribution in [2.45, 2.75) is 38.7 Å². The summed E-state index contributed by atoms with van der Waals surface area (Å²) in [5, 5.41) is 12.9. The minimum atomic E-state index is -0.228. The van der Waals surface area contributed by atoms with Crippen LogP contribution in [0.2, 0.25) is 0 Å². The Bertz CT molecular complexity index is 1230. The normalized spacial score (nSPS) is 10.9. The number of H-pyrrole nitrogens is 1. The van der Waals surface area contributed by atoms with Crippen molar-refractivity contribution in [3.63, 3.8) is 0 Å². The van der Waals surface area contributed by atoms with Crippen LogP contribution in [0.4, 0.5) is 0 Å². The van der Waals surface area contributed by atoms with Crippen molar-refractivity contribution in [2.75, 3.05) is 7.11 Å². The molecule has 0 bridgehead atoms. The van der Waals surface area contributed by atoms with Gasteiger partial charge in [0.05, 0.1) is 22.7 Å². The summed E-state index contributed by atoms with van der Waals surface area (Å²) in [7, 11) is 1.63. The monoisotopic (exact) mass is 482 g/mol. The van der Waals surface area contributed by atoms with E-state index in [0.29, 0.717) is 29.4 Å². The molecule has 0 unspecified atom stereocenters. The molecule has 172 valence electrons. The second-order valence-electron chi connectivity index (χ2n) is 7.63. The summed E-state index contributed by atoms with van der Waals surface area (Å²) in [5.74, 6) is 1.35. The van der Waals surface area contributed by atoms with Crippen LogP contribution >= 0.6 is 22.7 Å². The summed E-state index contributed by atoms with van der Waals surface area (Å²) in [6.07, 6.45) is 4.16. The Morgan fingerprint density at radius 1 is 1.00 bits per heavy atom. The number of methoxy groups -OCH3 is 1. The van der Waals surface area contributed by atoms with Crippen molar-refractivity contribution < 1.29 is 14.6 Å². The fourth-order valence-corrected chi connectivity index (χ4v) is 5.09. The lowest BCUT2D eigenvalue weighted by Crippen LogP contribution is -2.00. The standard InChI is InChI=1S/C25H26N2O4S2/c1-30-21-14-18(8-5-9-22-24(28)27-25(29)33-22)10-12-20(21)31-15-19-16-32-23(26-19)13-11-17-6-3-2-4-7-17/h2-4,6-7,10,12,14,16,28H,5,8-9,11,13,15H2,1H3,(H,27,29). The number of ether oxygens (including phenoxy) is 2. The number of rotatable bonds is 11. The van der Waals surface area contributed by atoms with E-state index in [4.69, 9.17) is 14.5 Å². The average Bonchev–Trinajstić information content (AvgIpc) is 3.42. The Morgan fingerprint density at radius 3 is 2.61 bits per heavy atom. The fourth-order valence-electron chi connectivity index (χ4n) is 3.54. The highest BCUT2D eigenvalue weighted by atomic mass is 32.1. The zero-order valence-electron chi connectivity index (χ0n) is 18.4. The molecule has 2 aromatic carbocycles. The molecule has 33 heavy (non-hydrogen) atoms. The fraction of sp³-hybridized carbons (Fsp3) is 0.280. The maximum atomic E-state index is 11.3. The molecule has 2 heterocycles. The molecule has 6 nitrogen and oxygen atoms in total. The highest BCUT2D eigenvalue weighted by molar-refractivity contribution is 7.09. The van der Waals surface area contributed by atoms with Gasteiger partial charge < -0.3 is 14.6 Å². The van der Waals surface area contributed by atoms with E-state index in [-0.39, 0.29) is 10.8 Å². The van der Waals surface area contributed by atoms with Gasteiger partial charge in [-0.1, -0.05) is 47.7 Å². The summed E-state index contributed by atoms with van der Waals surface area (Å²) in [6.45, 7) is 0.392. The van der Waals surface area contributed by atoms with Crippen LogP contribution in [0.15, 0.2) is 58.7 Å². The van der Waals surface area contributed by atoms with Crippen molar-refractivity contribution in [1.29, 1.82) is 0 Å². The van der Waals surface area contributed by atoms with Crippen molar-refractivity contribution in [2.24, 2.45) is 0 Å². The van der Waals surface area contributed by atoms with Crippen LogP contribution in [-0.2, 0) is 32.3 Å². The first-order valence-corrected chi connectivity index (χ1v) is 12.5. The third-order valence-corrected chi connectivity index (χ3v) is 7.13. The van der Waals surface area contributed by atoms with Gasteiger partial charge in [0.1, 0.15) is 6.61 Å². The summed E-state index contributed by atoms with van der Waals surface area (Å²) in [6, 6.07) is 16.3. The van der Waals surface area contributed by atoms with Crippen LogP contribution in [0.1, 0.15) is 33.1 Å². The SMILES string of the molecule is COc1cc(CCCc2sc(=O)[nH]c2O)ccc1OCc1csc(CCc2ccccc2)n1. The van der Waals surface area contributed by atoms with E-state index in [1.165, 1.54) is 5.56 Å². The molecule has 0 spiro atoms. The molecule has 2 N–H and O–H groups in total. The molecule has 4 aromatic rings. The van der Waals surface area contributed by atoms with Crippen LogP contribution < -0.4 is 14.3 Å². The van der Waals surface area contributed by atoms with Gasteiger partial charge in [0.15, 0.2) is 11.5 Å². The van der Waals surface area contributed by atoms with E-state index in [9.17, 15) is 9.90 Å². The van der Waals surface area contributed by atoms with Crippen molar-refractivity contribution >= 4 is 22.7 Å². The molecule has 0 saturated carbocycles. The average molecular weight is 483 g/mol. The van der Waals surface area contributed by atoms with Crippen molar-refractivity contribution in [1.82, 2.24) is 9.97 Å². The lowest BCUT2D eigenvalue weighted by molar-refractivity contribution is 0.281. The quantitative estimate of drug-likeness (QED) is 0.309. The number of aryl methyl sites for hydroxylation is 4. The number of hydrogen-bond acceptors (Lipinski definition) is 7. The number of nitrogens with one attached hydrogen (secondary N) is 1. The lowest BCUT2D eigenvalue weighted by atomic mass is 10.1. The Labute approximate surface area is 200 Å². The van der Waals surface area contributed by atoms with Crippen LogP contribution in [0.5, 0.6) is 17.4 Å². The molecular weight excluding hydrogens is 456 g/mol. The van der Waals surface area contributed by atoms with Gasteiger partial charge >= 0.3 is 4.87 Å².